The summed E-state index contributed by atoms with van der Waals surface area (Å²) in [6, 6.07) is 9.91. The minimum absolute atomic E-state index is 0.158. The lowest BCUT2D eigenvalue weighted by Gasteiger charge is -2.36. The number of hydrogen-bond acceptors (Lipinski definition) is 5. The molecule has 0 spiro atoms. The van der Waals surface area contributed by atoms with E-state index in [1.165, 1.54) is 5.01 Å². The van der Waals surface area contributed by atoms with Crippen LogP contribution < -0.4 is 0 Å². The van der Waals surface area contributed by atoms with Gasteiger partial charge in [-0.25, -0.2) is 10.0 Å². The first kappa shape index (κ1) is 19.5. The molecule has 2 aliphatic rings. The van der Waals surface area contributed by atoms with Crippen molar-refractivity contribution >= 4 is 17.5 Å². The molecule has 3 rings (SSSR count). The molecule has 0 unspecified atom stereocenters. The van der Waals surface area contributed by atoms with Gasteiger partial charge in [0.05, 0.1) is 5.71 Å². The number of amides is 2. The van der Waals surface area contributed by atoms with E-state index in [4.69, 9.17) is 4.84 Å². The van der Waals surface area contributed by atoms with Crippen LogP contribution >= 0.6 is 0 Å². The number of rotatable bonds is 6. The molecule has 0 N–H and O–H groups in total. The fourth-order valence-electron chi connectivity index (χ4n) is 3.80. The number of unbranched alkanes of at least 4 members (excludes halogenated alkanes) is 1. The lowest BCUT2D eigenvalue weighted by Crippen LogP contribution is -2.53. The van der Waals surface area contributed by atoms with Crippen LogP contribution in [-0.2, 0) is 21.0 Å². The summed E-state index contributed by atoms with van der Waals surface area (Å²) in [5.74, 6) is -0.871. The molecule has 2 aliphatic heterocycles. The molecule has 0 aromatic heterocycles. The smallest absolute Gasteiger partial charge is 0.256 e. The third kappa shape index (κ3) is 3.90. The number of carbonyl (C=O) groups is 2. The second kappa shape index (κ2) is 7.80. The number of imide groups is 1. The van der Waals surface area contributed by atoms with Gasteiger partial charge < -0.3 is 4.84 Å². The van der Waals surface area contributed by atoms with Crippen molar-refractivity contribution in [2.24, 2.45) is 11.1 Å². The molecule has 146 valence electrons. The average Bonchev–Trinajstić information content (AvgIpc) is 3.10. The Morgan fingerprint density at radius 3 is 2.67 bits per heavy atom. The highest BCUT2D eigenvalue weighted by Gasteiger charge is 2.50. The lowest BCUT2D eigenvalue weighted by molar-refractivity contribution is -0.164. The maximum atomic E-state index is 13.4. The van der Waals surface area contributed by atoms with E-state index in [9.17, 15) is 9.59 Å². The molecular formula is C21H29N3O3. The van der Waals surface area contributed by atoms with Crippen molar-refractivity contribution in [3.8, 4) is 0 Å². The minimum Gasteiger partial charge on any atom is -0.392 e. The standard InChI is InChI=1S/C21H29N3O3/c1-5-6-12-17-19(15(2)27-22-17)20(26)24-18(25)13-21(3,4)23(24)14-16-10-8-7-9-11-16/h7-11,15,19H,5-6,12-14H2,1-4H3/t15-,19-/m0/s1. The highest BCUT2D eigenvalue weighted by molar-refractivity contribution is 6.10. The van der Waals surface area contributed by atoms with Gasteiger partial charge in [0, 0.05) is 18.5 Å². The Labute approximate surface area is 161 Å². The molecule has 1 aromatic rings. The Bertz CT molecular complexity index is 729. The summed E-state index contributed by atoms with van der Waals surface area (Å²) in [6.45, 7) is 8.46. The summed E-state index contributed by atoms with van der Waals surface area (Å²) < 4.78 is 0. The van der Waals surface area contributed by atoms with Crippen LogP contribution in [0.15, 0.2) is 35.5 Å². The Morgan fingerprint density at radius 1 is 1.30 bits per heavy atom. The van der Waals surface area contributed by atoms with Crippen LogP contribution in [0.3, 0.4) is 0 Å². The van der Waals surface area contributed by atoms with E-state index in [-0.39, 0.29) is 17.9 Å². The third-order valence-corrected chi connectivity index (χ3v) is 5.36. The zero-order valence-corrected chi connectivity index (χ0v) is 16.6. The van der Waals surface area contributed by atoms with Crippen molar-refractivity contribution in [3.05, 3.63) is 35.9 Å². The van der Waals surface area contributed by atoms with E-state index >= 15 is 0 Å². The van der Waals surface area contributed by atoms with Crippen LogP contribution in [-0.4, -0.2) is 39.2 Å². The maximum Gasteiger partial charge on any atom is 0.256 e. The Hall–Kier alpha value is -2.21. The second-order valence-corrected chi connectivity index (χ2v) is 8.05. The highest BCUT2D eigenvalue weighted by atomic mass is 16.6. The Morgan fingerprint density at radius 2 is 2.00 bits per heavy atom. The summed E-state index contributed by atoms with van der Waals surface area (Å²) in [6.07, 6.45) is 2.66. The van der Waals surface area contributed by atoms with E-state index in [1.807, 2.05) is 56.1 Å². The fourth-order valence-corrected chi connectivity index (χ4v) is 3.80. The number of nitrogens with zero attached hydrogens (tertiary/aromatic N) is 3. The molecule has 0 radical (unpaired) electrons. The molecule has 27 heavy (non-hydrogen) atoms. The van der Waals surface area contributed by atoms with Gasteiger partial charge in [0.2, 0.25) is 5.91 Å². The Kier molecular flexibility index (Phi) is 5.65. The first-order valence-corrected chi connectivity index (χ1v) is 9.76. The lowest BCUT2D eigenvalue weighted by atomic mass is 9.93. The molecule has 0 aliphatic carbocycles. The van der Waals surface area contributed by atoms with E-state index in [2.05, 4.69) is 12.1 Å². The SMILES string of the molecule is CCCCC1=NO[C@@H](C)[C@@H]1C(=O)N1C(=O)CC(C)(C)N1Cc1ccccc1. The fraction of sp³-hybridized carbons (Fsp3) is 0.571. The van der Waals surface area contributed by atoms with E-state index in [0.717, 1.165) is 30.5 Å². The van der Waals surface area contributed by atoms with Crippen molar-refractivity contribution in [1.29, 1.82) is 0 Å². The quantitative estimate of drug-likeness (QED) is 0.718. The van der Waals surface area contributed by atoms with E-state index in [1.54, 1.807) is 0 Å². The van der Waals surface area contributed by atoms with Crippen LogP contribution in [0.2, 0.25) is 0 Å². The van der Waals surface area contributed by atoms with Crippen LogP contribution in [0.25, 0.3) is 0 Å². The third-order valence-electron chi connectivity index (χ3n) is 5.36. The van der Waals surface area contributed by atoms with E-state index in [0.29, 0.717) is 13.0 Å². The number of carbonyl (C=O) groups excluding carboxylic acids is 2. The van der Waals surface area contributed by atoms with Crippen LogP contribution in [0.1, 0.15) is 58.9 Å². The van der Waals surface area contributed by atoms with Crippen LogP contribution in [0, 0.1) is 5.92 Å². The maximum absolute atomic E-state index is 13.4. The summed E-state index contributed by atoms with van der Waals surface area (Å²) >= 11 is 0. The monoisotopic (exact) mass is 371 g/mol. The normalized spacial score (nSPS) is 24.8. The largest absolute Gasteiger partial charge is 0.392 e. The van der Waals surface area contributed by atoms with Gasteiger partial charge in [-0.2, -0.15) is 0 Å². The van der Waals surface area contributed by atoms with Gasteiger partial charge in [-0.1, -0.05) is 48.8 Å². The zero-order chi connectivity index (χ0) is 19.6. The molecular weight excluding hydrogens is 342 g/mol. The number of oxime groups is 1. The van der Waals surface area contributed by atoms with Gasteiger partial charge in [-0.05, 0) is 39.2 Å². The first-order valence-electron chi connectivity index (χ1n) is 9.76. The molecule has 1 saturated heterocycles. The molecule has 2 heterocycles. The van der Waals surface area contributed by atoms with Gasteiger partial charge in [0.25, 0.3) is 5.91 Å². The van der Waals surface area contributed by atoms with Gasteiger partial charge in [0.15, 0.2) is 0 Å². The molecule has 0 saturated carbocycles. The predicted molar refractivity (Wildman–Crippen MR) is 104 cm³/mol. The summed E-state index contributed by atoms with van der Waals surface area (Å²) in [5, 5.41) is 7.39. The molecule has 6 heteroatoms. The first-order chi connectivity index (χ1) is 12.8. The van der Waals surface area contributed by atoms with Crippen molar-refractivity contribution < 1.29 is 14.4 Å². The summed E-state index contributed by atoms with van der Waals surface area (Å²) in [7, 11) is 0. The molecule has 2 amide bonds. The molecule has 2 atom stereocenters. The Balaban J connectivity index is 1.86. The van der Waals surface area contributed by atoms with E-state index < -0.39 is 11.5 Å². The number of hydrazine groups is 1. The average molecular weight is 371 g/mol. The highest BCUT2D eigenvalue weighted by Crippen LogP contribution is 2.35. The van der Waals surface area contributed by atoms with Gasteiger partial charge in [0.1, 0.15) is 12.0 Å². The van der Waals surface area contributed by atoms with Gasteiger partial charge >= 0.3 is 0 Å². The van der Waals surface area contributed by atoms with Crippen molar-refractivity contribution in [3.63, 3.8) is 0 Å². The predicted octanol–water partition coefficient (Wildman–Crippen LogP) is 3.52. The molecule has 1 aromatic carbocycles. The van der Waals surface area contributed by atoms with Crippen molar-refractivity contribution in [2.45, 2.75) is 71.6 Å². The molecule has 1 fully saturated rings. The summed E-state index contributed by atoms with van der Waals surface area (Å²) in [4.78, 5) is 31.6. The topological polar surface area (TPSA) is 62.2 Å². The van der Waals surface area contributed by atoms with Gasteiger partial charge in [-0.3, -0.25) is 9.59 Å². The van der Waals surface area contributed by atoms with Crippen molar-refractivity contribution in [2.75, 3.05) is 0 Å². The number of benzene rings is 1. The van der Waals surface area contributed by atoms with Crippen LogP contribution in [0.5, 0.6) is 0 Å². The zero-order valence-electron chi connectivity index (χ0n) is 16.6. The minimum atomic E-state index is -0.493. The molecule has 6 nitrogen and oxygen atoms in total. The van der Waals surface area contributed by atoms with Crippen molar-refractivity contribution in [1.82, 2.24) is 10.0 Å². The van der Waals surface area contributed by atoms with Crippen LogP contribution in [0.4, 0.5) is 0 Å². The van der Waals surface area contributed by atoms with Gasteiger partial charge in [-0.15, -0.1) is 0 Å². The number of hydrogen-bond donors (Lipinski definition) is 0. The second-order valence-electron chi connectivity index (χ2n) is 8.05. The summed E-state index contributed by atoms with van der Waals surface area (Å²) in [5.41, 5.74) is 1.40. The molecule has 0 bridgehead atoms.